The number of hydrogen-bond donors (Lipinski definition) is 0. The molecule has 0 aliphatic rings. The molecule has 0 bridgehead atoms. The van der Waals surface area contributed by atoms with Crippen molar-refractivity contribution < 1.29 is 9.47 Å². The molecule has 0 amide bonds. The van der Waals surface area contributed by atoms with Gasteiger partial charge in [0.15, 0.2) is 0 Å². The summed E-state index contributed by atoms with van der Waals surface area (Å²) in [5, 5.41) is 0. The van der Waals surface area contributed by atoms with Crippen molar-refractivity contribution in [3.8, 4) is 11.5 Å². The Kier molecular flexibility index (Phi) is 7.65. The summed E-state index contributed by atoms with van der Waals surface area (Å²) in [5.41, 5.74) is 0. The Balaban J connectivity index is 2.24. The maximum absolute atomic E-state index is 5.61. The molecule has 0 unspecified atom stereocenters. The van der Waals surface area contributed by atoms with Crippen molar-refractivity contribution in [2.45, 2.75) is 32.6 Å². The summed E-state index contributed by atoms with van der Waals surface area (Å²) in [6.07, 6.45) is 4.43. The first-order chi connectivity index (χ1) is 8.36. The van der Waals surface area contributed by atoms with Gasteiger partial charge in [-0.3, -0.25) is 0 Å². The Hall–Kier alpha value is -0.890. The zero-order valence-electron chi connectivity index (χ0n) is 10.5. The van der Waals surface area contributed by atoms with Gasteiger partial charge in [-0.25, -0.2) is 0 Å². The minimum atomic E-state index is 0.638. The fourth-order valence-corrected chi connectivity index (χ4v) is 1.53. The summed E-state index contributed by atoms with van der Waals surface area (Å²) in [6.45, 7) is 3.65. The second-order valence-corrected chi connectivity index (χ2v) is 4.30. The minimum Gasteiger partial charge on any atom is -0.494 e. The highest BCUT2D eigenvalue weighted by Crippen LogP contribution is 2.18. The number of alkyl halides is 1. The fourth-order valence-electron chi connectivity index (χ4n) is 1.42. The van der Waals surface area contributed by atoms with Gasteiger partial charge >= 0.3 is 0 Å². The second-order valence-electron chi connectivity index (χ2n) is 3.92. The number of ether oxygens (including phenoxy) is 2. The Bertz CT molecular complexity index is 285. The number of rotatable bonds is 9. The topological polar surface area (TPSA) is 18.5 Å². The first-order valence-electron chi connectivity index (χ1n) is 6.28. The van der Waals surface area contributed by atoms with Gasteiger partial charge in [0.1, 0.15) is 11.5 Å². The number of benzene rings is 1. The lowest BCUT2D eigenvalue weighted by atomic mass is 10.3. The average molecular weight is 257 g/mol. The van der Waals surface area contributed by atoms with Gasteiger partial charge in [0, 0.05) is 5.88 Å². The van der Waals surface area contributed by atoms with E-state index in [0.29, 0.717) is 12.5 Å². The predicted octanol–water partition coefficient (Wildman–Crippen LogP) is 4.26. The maximum Gasteiger partial charge on any atom is 0.119 e. The van der Waals surface area contributed by atoms with E-state index >= 15 is 0 Å². The first-order valence-corrected chi connectivity index (χ1v) is 6.82. The van der Waals surface area contributed by atoms with Crippen molar-refractivity contribution in [3.63, 3.8) is 0 Å². The molecule has 1 rings (SSSR count). The molecule has 0 N–H and O–H groups in total. The summed E-state index contributed by atoms with van der Waals surface area (Å²) in [5.74, 6) is 2.42. The molecule has 0 fully saturated rings. The van der Waals surface area contributed by atoms with Crippen molar-refractivity contribution in [2.75, 3.05) is 19.1 Å². The smallest absolute Gasteiger partial charge is 0.119 e. The van der Waals surface area contributed by atoms with Gasteiger partial charge < -0.3 is 9.47 Å². The fraction of sp³-hybridized carbons (Fsp3) is 0.571. The average Bonchev–Trinajstić information content (AvgIpc) is 2.37. The Morgan fingerprint density at radius 3 is 1.88 bits per heavy atom. The highest BCUT2D eigenvalue weighted by Gasteiger charge is 1.96. The lowest BCUT2D eigenvalue weighted by Crippen LogP contribution is -1.99. The lowest BCUT2D eigenvalue weighted by Gasteiger charge is -2.08. The molecule has 0 atom stereocenters. The van der Waals surface area contributed by atoms with Gasteiger partial charge in [-0.2, -0.15) is 0 Å². The van der Waals surface area contributed by atoms with Crippen LogP contribution in [-0.2, 0) is 0 Å². The van der Waals surface area contributed by atoms with Crippen molar-refractivity contribution >= 4 is 11.6 Å². The van der Waals surface area contributed by atoms with E-state index in [2.05, 4.69) is 6.92 Å². The second kappa shape index (κ2) is 9.17. The van der Waals surface area contributed by atoms with Gasteiger partial charge in [0.2, 0.25) is 0 Å². The van der Waals surface area contributed by atoms with Crippen molar-refractivity contribution in [3.05, 3.63) is 24.3 Å². The van der Waals surface area contributed by atoms with Gasteiger partial charge in [0.05, 0.1) is 13.2 Å². The summed E-state index contributed by atoms with van der Waals surface area (Å²) >= 11 is 5.58. The molecule has 0 spiro atoms. The summed E-state index contributed by atoms with van der Waals surface area (Å²) in [7, 11) is 0. The number of hydrogen-bond acceptors (Lipinski definition) is 2. The van der Waals surface area contributed by atoms with Crippen LogP contribution < -0.4 is 9.47 Å². The van der Waals surface area contributed by atoms with Crippen LogP contribution in [0.3, 0.4) is 0 Å². The van der Waals surface area contributed by atoms with Gasteiger partial charge in [-0.1, -0.05) is 19.8 Å². The van der Waals surface area contributed by atoms with Gasteiger partial charge in [-0.15, -0.1) is 11.6 Å². The van der Waals surface area contributed by atoms with E-state index < -0.39 is 0 Å². The molecule has 17 heavy (non-hydrogen) atoms. The molecule has 96 valence electrons. The molecule has 2 nitrogen and oxygen atoms in total. The van der Waals surface area contributed by atoms with Gasteiger partial charge in [-0.05, 0) is 37.1 Å². The van der Waals surface area contributed by atoms with Crippen LogP contribution in [0.4, 0.5) is 0 Å². The monoisotopic (exact) mass is 256 g/mol. The SMILES string of the molecule is CCCCCOc1ccc(OCCCCl)cc1. The quantitative estimate of drug-likeness (QED) is 0.485. The Labute approximate surface area is 109 Å². The van der Waals surface area contributed by atoms with E-state index in [0.717, 1.165) is 30.9 Å². The van der Waals surface area contributed by atoms with E-state index in [1.807, 2.05) is 24.3 Å². The van der Waals surface area contributed by atoms with E-state index in [1.54, 1.807) is 0 Å². The Morgan fingerprint density at radius 2 is 1.41 bits per heavy atom. The number of halogens is 1. The van der Waals surface area contributed by atoms with Crippen molar-refractivity contribution in [1.82, 2.24) is 0 Å². The van der Waals surface area contributed by atoms with Crippen molar-refractivity contribution in [1.29, 1.82) is 0 Å². The van der Waals surface area contributed by atoms with Crippen LogP contribution in [0, 0.1) is 0 Å². The third-order valence-electron chi connectivity index (χ3n) is 2.39. The third kappa shape index (κ3) is 6.42. The highest BCUT2D eigenvalue weighted by molar-refractivity contribution is 6.17. The van der Waals surface area contributed by atoms with Crippen LogP contribution >= 0.6 is 11.6 Å². The van der Waals surface area contributed by atoms with E-state index in [4.69, 9.17) is 21.1 Å². The molecule has 1 aromatic rings. The zero-order valence-corrected chi connectivity index (χ0v) is 11.2. The maximum atomic E-state index is 5.61. The third-order valence-corrected chi connectivity index (χ3v) is 2.65. The molecule has 0 aromatic heterocycles. The van der Waals surface area contributed by atoms with Gasteiger partial charge in [0.25, 0.3) is 0 Å². The zero-order chi connectivity index (χ0) is 12.3. The number of unbranched alkanes of at least 4 members (excludes halogenated alkanes) is 2. The first kappa shape index (κ1) is 14.2. The molecular formula is C14H21ClO2. The van der Waals surface area contributed by atoms with E-state index in [9.17, 15) is 0 Å². The predicted molar refractivity (Wildman–Crippen MR) is 72.3 cm³/mol. The normalized spacial score (nSPS) is 10.2. The lowest BCUT2D eigenvalue weighted by molar-refractivity contribution is 0.302. The van der Waals surface area contributed by atoms with Crippen LogP contribution in [0.25, 0.3) is 0 Å². The minimum absolute atomic E-state index is 0.638. The molecule has 0 heterocycles. The Morgan fingerprint density at radius 1 is 0.882 bits per heavy atom. The van der Waals surface area contributed by atoms with Crippen LogP contribution in [0.1, 0.15) is 32.6 Å². The molecule has 3 heteroatoms. The molecule has 1 aromatic carbocycles. The highest BCUT2D eigenvalue weighted by atomic mass is 35.5. The largest absolute Gasteiger partial charge is 0.494 e. The summed E-state index contributed by atoms with van der Waals surface area (Å²) in [6, 6.07) is 7.76. The molecular weight excluding hydrogens is 236 g/mol. The summed E-state index contributed by atoms with van der Waals surface area (Å²) in [4.78, 5) is 0. The summed E-state index contributed by atoms with van der Waals surface area (Å²) < 4.78 is 11.1. The standard InChI is InChI=1S/C14H21ClO2/c1-2-3-4-11-16-13-6-8-14(9-7-13)17-12-5-10-15/h6-9H,2-5,10-12H2,1H3. The molecule has 0 saturated carbocycles. The van der Waals surface area contributed by atoms with E-state index in [1.165, 1.54) is 12.8 Å². The molecule has 0 saturated heterocycles. The van der Waals surface area contributed by atoms with Crippen LogP contribution in [0.5, 0.6) is 11.5 Å². The van der Waals surface area contributed by atoms with Crippen LogP contribution in [0.15, 0.2) is 24.3 Å². The molecule has 0 aliphatic heterocycles. The van der Waals surface area contributed by atoms with E-state index in [-0.39, 0.29) is 0 Å². The molecule has 0 aliphatic carbocycles. The molecule has 0 radical (unpaired) electrons. The van der Waals surface area contributed by atoms with Crippen LogP contribution in [0.2, 0.25) is 0 Å². The van der Waals surface area contributed by atoms with Crippen molar-refractivity contribution in [2.24, 2.45) is 0 Å². The van der Waals surface area contributed by atoms with Crippen LogP contribution in [-0.4, -0.2) is 19.1 Å².